The SMILES string of the molecule is O=C(CCn1c(CO)nc2ccccc21)N1C[C@@H]2C[C@H](C1)[C@@H]1CCCCN1C2. The van der Waals surface area contributed by atoms with Gasteiger partial charge in [0, 0.05) is 38.6 Å². The van der Waals surface area contributed by atoms with Crippen LogP contribution >= 0.6 is 0 Å². The maximum Gasteiger partial charge on any atom is 0.224 e. The molecule has 1 amide bonds. The van der Waals surface area contributed by atoms with Crippen molar-refractivity contribution < 1.29 is 9.90 Å². The standard InChI is InChI=1S/C22H30N4O2/c27-15-21-23-18-5-1-2-7-20(18)26(21)10-8-22(28)25-13-16-11-17(14-25)19-6-3-4-9-24(19)12-16/h1-2,5,7,16-17,19,27H,3-4,6,8-15H2/t16-,17-,19+/m1/s1. The van der Waals surface area contributed by atoms with E-state index >= 15 is 0 Å². The number of imidazole rings is 1. The molecule has 28 heavy (non-hydrogen) atoms. The molecule has 0 radical (unpaired) electrons. The van der Waals surface area contributed by atoms with Crippen LogP contribution in [-0.2, 0) is 17.9 Å². The number of hydrogen-bond acceptors (Lipinski definition) is 4. The van der Waals surface area contributed by atoms with E-state index in [1.54, 1.807) is 0 Å². The smallest absolute Gasteiger partial charge is 0.224 e. The molecule has 1 aromatic heterocycles. The van der Waals surface area contributed by atoms with E-state index in [9.17, 15) is 9.90 Å². The number of aryl methyl sites for hydroxylation is 1. The molecule has 6 heteroatoms. The summed E-state index contributed by atoms with van der Waals surface area (Å²) in [4.78, 5) is 22.4. The number of aliphatic hydroxyl groups is 1. The molecule has 2 bridgehead atoms. The lowest BCUT2D eigenvalue weighted by atomic mass is 9.76. The lowest BCUT2D eigenvalue weighted by Gasteiger charge is -2.52. The van der Waals surface area contributed by atoms with Crippen molar-refractivity contribution in [2.45, 2.75) is 51.3 Å². The fraction of sp³-hybridized carbons (Fsp3) is 0.636. The molecule has 5 rings (SSSR count). The van der Waals surface area contributed by atoms with E-state index in [2.05, 4.69) is 14.8 Å². The molecule has 2 aromatic rings. The van der Waals surface area contributed by atoms with Gasteiger partial charge < -0.3 is 14.6 Å². The zero-order valence-corrected chi connectivity index (χ0v) is 16.5. The Bertz CT molecular complexity index is 863. The van der Waals surface area contributed by atoms with Gasteiger partial charge in [0.1, 0.15) is 12.4 Å². The highest BCUT2D eigenvalue weighted by Crippen LogP contribution is 2.37. The van der Waals surface area contributed by atoms with Crippen LogP contribution in [0.1, 0.15) is 37.9 Å². The number of carbonyl (C=O) groups is 1. The van der Waals surface area contributed by atoms with Crippen LogP contribution in [0.15, 0.2) is 24.3 Å². The Balaban J connectivity index is 1.27. The second-order valence-electron chi connectivity index (χ2n) is 8.80. The van der Waals surface area contributed by atoms with Gasteiger partial charge in [-0.15, -0.1) is 0 Å². The van der Waals surface area contributed by atoms with Gasteiger partial charge in [0.2, 0.25) is 5.91 Å². The number of nitrogens with zero attached hydrogens (tertiary/aromatic N) is 4. The number of aliphatic hydroxyl groups excluding tert-OH is 1. The molecule has 0 aliphatic carbocycles. The Morgan fingerprint density at radius 1 is 1.18 bits per heavy atom. The minimum atomic E-state index is -0.103. The van der Waals surface area contributed by atoms with Gasteiger partial charge in [0.15, 0.2) is 0 Å². The maximum absolute atomic E-state index is 13.0. The van der Waals surface area contributed by atoms with Crippen molar-refractivity contribution in [3.63, 3.8) is 0 Å². The van der Waals surface area contributed by atoms with Crippen molar-refractivity contribution in [3.8, 4) is 0 Å². The Labute approximate surface area is 166 Å². The number of carbonyl (C=O) groups excluding carboxylic acids is 1. The van der Waals surface area contributed by atoms with E-state index in [-0.39, 0.29) is 12.5 Å². The topological polar surface area (TPSA) is 61.6 Å². The Kier molecular flexibility index (Phi) is 4.85. The second-order valence-corrected chi connectivity index (χ2v) is 8.80. The molecule has 150 valence electrons. The average molecular weight is 383 g/mol. The van der Waals surface area contributed by atoms with Gasteiger partial charge in [0.05, 0.1) is 11.0 Å². The van der Waals surface area contributed by atoms with Crippen LogP contribution in [-0.4, -0.2) is 62.6 Å². The summed E-state index contributed by atoms with van der Waals surface area (Å²) in [5.74, 6) is 2.18. The van der Waals surface area contributed by atoms with Crippen LogP contribution in [0.25, 0.3) is 11.0 Å². The van der Waals surface area contributed by atoms with Gasteiger partial charge >= 0.3 is 0 Å². The highest BCUT2D eigenvalue weighted by molar-refractivity contribution is 5.78. The quantitative estimate of drug-likeness (QED) is 0.881. The molecule has 4 heterocycles. The highest BCUT2D eigenvalue weighted by atomic mass is 16.3. The molecule has 0 unspecified atom stereocenters. The molecule has 3 aliphatic heterocycles. The Hall–Kier alpha value is -1.92. The normalized spacial score (nSPS) is 27.8. The third-order valence-electron chi connectivity index (χ3n) is 7.05. The highest BCUT2D eigenvalue weighted by Gasteiger charge is 2.42. The molecular weight excluding hydrogens is 352 g/mol. The summed E-state index contributed by atoms with van der Waals surface area (Å²) >= 11 is 0. The predicted octanol–water partition coefficient (Wildman–Crippen LogP) is 2.25. The molecule has 6 nitrogen and oxygen atoms in total. The molecule has 1 aromatic carbocycles. The van der Waals surface area contributed by atoms with Crippen LogP contribution in [0.2, 0.25) is 0 Å². The second kappa shape index (κ2) is 7.48. The van der Waals surface area contributed by atoms with Crippen LogP contribution in [0, 0.1) is 11.8 Å². The first kappa shape index (κ1) is 18.1. The molecule has 3 aliphatic rings. The number of likely N-dealkylation sites (tertiary alicyclic amines) is 1. The van der Waals surface area contributed by atoms with Crippen LogP contribution in [0.5, 0.6) is 0 Å². The van der Waals surface area contributed by atoms with E-state index in [1.165, 1.54) is 38.8 Å². The van der Waals surface area contributed by atoms with Gasteiger partial charge in [-0.25, -0.2) is 4.98 Å². The lowest BCUT2D eigenvalue weighted by Crippen LogP contribution is -2.59. The van der Waals surface area contributed by atoms with Gasteiger partial charge in [-0.1, -0.05) is 18.6 Å². The molecule has 3 saturated heterocycles. The third-order valence-corrected chi connectivity index (χ3v) is 7.05. The summed E-state index contributed by atoms with van der Waals surface area (Å²) < 4.78 is 2.00. The number of para-hydroxylation sites is 2. The van der Waals surface area contributed by atoms with Gasteiger partial charge in [0.25, 0.3) is 0 Å². The number of rotatable bonds is 4. The predicted molar refractivity (Wildman–Crippen MR) is 108 cm³/mol. The lowest BCUT2D eigenvalue weighted by molar-refractivity contribution is -0.138. The number of hydrogen-bond donors (Lipinski definition) is 1. The zero-order chi connectivity index (χ0) is 19.1. The first-order valence-electron chi connectivity index (χ1n) is 10.8. The van der Waals surface area contributed by atoms with E-state index in [0.717, 1.165) is 24.1 Å². The number of amides is 1. The molecule has 0 spiro atoms. The van der Waals surface area contributed by atoms with Crippen molar-refractivity contribution in [3.05, 3.63) is 30.1 Å². The molecule has 0 saturated carbocycles. The minimum absolute atomic E-state index is 0.103. The number of benzene rings is 1. The molecule has 1 N–H and O–H groups in total. The summed E-state index contributed by atoms with van der Waals surface area (Å²) in [6.07, 6.45) is 5.76. The number of fused-ring (bicyclic) bond motifs is 5. The van der Waals surface area contributed by atoms with Crippen LogP contribution in [0.4, 0.5) is 0 Å². The zero-order valence-electron chi connectivity index (χ0n) is 16.5. The van der Waals surface area contributed by atoms with Crippen molar-refractivity contribution in [1.82, 2.24) is 19.4 Å². The summed E-state index contributed by atoms with van der Waals surface area (Å²) in [6, 6.07) is 8.58. The maximum atomic E-state index is 13.0. The van der Waals surface area contributed by atoms with Crippen molar-refractivity contribution >= 4 is 16.9 Å². The van der Waals surface area contributed by atoms with Crippen LogP contribution in [0.3, 0.4) is 0 Å². The fourth-order valence-corrected chi connectivity index (χ4v) is 5.83. The summed E-state index contributed by atoms with van der Waals surface area (Å²) in [5.41, 5.74) is 1.87. The van der Waals surface area contributed by atoms with Crippen molar-refractivity contribution in [2.24, 2.45) is 11.8 Å². The summed E-state index contributed by atoms with van der Waals surface area (Å²) in [7, 11) is 0. The monoisotopic (exact) mass is 382 g/mol. The molecule has 3 fully saturated rings. The van der Waals surface area contributed by atoms with Crippen molar-refractivity contribution in [2.75, 3.05) is 26.2 Å². The van der Waals surface area contributed by atoms with Crippen LogP contribution < -0.4 is 0 Å². The number of aromatic nitrogens is 2. The van der Waals surface area contributed by atoms with Crippen molar-refractivity contribution in [1.29, 1.82) is 0 Å². The first-order valence-corrected chi connectivity index (χ1v) is 10.8. The summed E-state index contributed by atoms with van der Waals surface area (Å²) in [6.45, 7) is 4.74. The van der Waals surface area contributed by atoms with E-state index in [0.29, 0.717) is 36.7 Å². The van der Waals surface area contributed by atoms with Gasteiger partial charge in [-0.05, 0) is 49.8 Å². The average Bonchev–Trinajstić information content (AvgIpc) is 3.09. The third kappa shape index (κ3) is 3.22. The number of piperidine rings is 3. The fourth-order valence-electron chi connectivity index (χ4n) is 5.83. The first-order chi connectivity index (χ1) is 13.7. The summed E-state index contributed by atoms with van der Waals surface area (Å²) in [5, 5.41) is 9.67. The Morgan fingerprint density at radius 2 is 2.07 bits per heavy atom. The van der Waals surface area contributed by atoms with Gasteiger partial charge in [-0.3, -0.25) is 9.69 Å². The molecule has 3 atom stereocenters. The van der Waals surface area contributed by atoms with E-state index in [1.807, 2.05) is 28.8 Å². The van der Waals surface area contributed by atoms with Gasteiger partial charge in [-0.2, -0.15) is 0 Å². The minimum Gasteiger partial charge on any atom is -0.388 e. The molecular formula is C22H30N4O2. The van der Waals surface area contributed by atoms with E-state index in [4.69, 9.17) is 0 Å². The Morgan fingerprint density at radius 3 is 2.96 bits per heavy atom. The largest absolute Gasteiger partial charge is 0.388 e. The van der Waals surface area contributed by atoms with E-state index < -0.39 is 0 Å².